The Bertz CT molecular complexity index is 697. The van der Waals surface area contributed by atoms with Crippen LogP contribution in [-0.4, -0.2) is 31.5 Å². The predicted molar refractivity (Wildman–Crippen MR) is 93.0 cm³/mol. The van der Waals surface area contributed by atoms with Crippen LogP contribution in [0.15, 0.2) is 30.3 Å². The largest absolute Gasteiger partial charge is 0.411 e. The number of fused-ring (bicyclic) bond motifs is 1. The minimum atomic E-state index is -1.99. The summed E-state index contributed by atoms with van der Waals surface area (Å²) in [6.07, 6.45) is 0.323. The van der Waals surface area contributed by atoms with Gasteiger partial charge in [0.05, 0.1) is 23.1 Å². The summed E-state index contributed by atoms with van der Waals surface area (Å²) >= 11 is 0. The quantitative estimate of drug-likeness (QED) is 0.624. The molecule has 2 aliphatic rings. The van der Waals surface area contributed by atoms with Crippen molar-refractivity contribution >= 4 is 31.6 Å². The van der Waals surface area contributed by atoms with Crippen LogP contribution in [0.1, 0.15) is 19.8 Å². The molecule has 3 rings (SSSR count). The molecule has 1 aromatic carbocycles. The van der Waals surface area contributed by atoms with Crippen LogP contribution in [0.3, 0.4) is 0 Å². The first-order valence-electron chi connectivity index (χ1n) is 8.27. The number of Topliss-reactive ketones (excluding diaryl/α,β-unsaturated/α-hetero) is 1. The number of imide groups is 1. The fourth-order valence-electron chi connectivity index (χ4n) is 4.07. The molecular formula is C18H23NO4Si. The van der Waals surface area contributed by atoms with Gasteiger partial charge >= 0.3 is 0 Å². The second-order valence-electron chi connectivity index (χ2n) is 7.88. The molecule has 1 aliphatic carbocycles. The minimum absolute atomic E-state index is 0.00642. The van der Waals surface area contributed by atoms with Crippen molar-refractivity contribution in [2.45, 2.75) is 45.0 Å². The molecule has 3 atom stereocenters. The summed E-state index contributed by atoms with van der Waals surface area (Å²) in [6, 6.07) is 8.91. The van der Waals surface area contributed by atoms with E-state index in [0.717, 1.165) is 0 Å². The Labute approximate surface area is 143 Å². The highest BCUT2D eigenvalue weighted by molar-refractivity contribution is 6.69. The van der Waals surface area contributed by atoms with E-state index in [0.29, 0.717) is 5.69 Å². The van der Waals surface area contributed by atoms with E-state index in [-0.39, 0.29) is 30.4 Å². The van der Waals surface area contributed by atoms with E-state index in [4.69, 9.17) is 4.43 Å². The minimum Gasteiger partial charge on any atom is -0.411 e. The van der Waals surface area contributed by atoms with Gasteiger partial charge in [0.25, 0.3) is 0 Å². The highest BCUT2D eigenvalue weighted by Crippen LogP contribution is 2.47. The third kappa shape index (κ3) is 2.84. The predicted octanol–water partition coefficient (Wildman–Crippen LogP) is 2.77. The first-order chi connectivity index (χ1) is 11.1. The third-order valence-corrected chi connectivity index (χ3v) is 5.71. The summed E-state index contributed by atoms with van der Waals surface area (Å²) in [5.41, 5.74) is -0.342. The Hall–Kier alpha value is -1.79. The van der Waals surface area contributed by atoms with Gasteiger partial charge in [-0.25, -0.2) is 4.90 Å². The first-order valence-corrected chi connectivity index (χ1v) is 11.7. The van der Waals surface area contributed by atoms with Crippen molar-refractivity contribution in [1.82, 2.24) is 0 Å². The molecule has 0 unspecified atom stereocenters. The van der Waals surface area contributed by atoms with Crippen LogP contribution in [0.4, 0.5) is 5.69 Å². The lowest BCUT2D eigenvalue weighted by Gasteiger charge is -2.43. The van der Waals surface area contributed by atoms with Crippen LogP contribution in [0, 0.1) is 11.8 Å². The Kier molecular flexibility index (Phi) is 4.00. The van der Waals surface area contributed by atoms with E-state index >= 15 is 0 Å². The van der Waals surface area contributed by atoms with Crippen molar-refractivity contribution in [3.8, 4) is 0 Å². The maximum absolute atomic E-state index is 13.1. The normalized spacial score (nSPS) is 30.7. The molecule has 1 aliphatic heterocycles. The molecule has 6 heteroatoms. The van der Waals surface area contributed by atoms with Crippen molar-refractivity contribution in [2.75, 3.05) is 4.90 Å². The molecule has 2 fully saturated rings. The molecule has 0 radical (unpaired) electrons. The number of amides is 2. The molecule has 5 nitrogen and oxygen atoms in total. The average Bonchev–Trinajstić information content (AvgIpc) is 2.69. The van der Waals surface area contributed by atoms with Crippen molar-refractivity contribution < 1.29 is 18.8 Å². The second-order valence-corrected chi connectivity index (χ2v) is 12.3. The number of hydrogen-bond acceptors (Lipinski definition) is 4. The van der Waals surface area contributed by atoms with Crippen molar-refractivity contribution in [2.24, 2.45) is 11.8 Å². The van der Waals surface area contributed by atoms with Crippen LogP contribution in [0.2, 0.25) is 19.6 Å². The highest BCUT2D eigenvalue weighted by Gasteiger charge is 2.60. The number of hydrogen-bond donors (Lipinski definition) is 0. The summed E-state index contributed by atoms with van der Waals surface area (Å²) in [4.78, 5) is 39.4. The van der Waals surface area contributed by atoms with Crippen molar-refractivity contribution in [3.05, 3.63) is 30.3 Å². The van der Waals surface area contributed by atoms with Gasteiger partial charge in [0, 0.05) is 12.8 Å². The van der Waals surface area contributed by atoms with E-state index in [9.17, 15) is 14.4 Å². The van der Waals surface area contributed by atoms with Gasteiger partial charge in [-0.05, 0) is 38.7 Å². The summed E-state index contributed by atoms with van der Waals surface area (Å²) in [5, 5.41) is 0. The molecule has 2 amide bonds. The number of rotatable bonds is 3. The number of ketones is 1. The van der Waals surface area contributed by atoms with Crippen LogP contribution in [-0.2, 0) is 18.8 Å². The van der Waals surface area contributed by atoms with Gasteiger partial charge in [-0.3, -0.25) is 14.4 Å². The molecule has 0 aromatic heterocycles. The van der Waals surface area contributed by atoms with Crippen LogP contribution >= 0.6 is 0 Å². The molecule has 0 bridgehead atoms. The fourth-order valence-corrected chi connectivity index (χ4v) is 5.67. The Morgan fingerprint density at radius 1 is 1.08 bits per heavy atom. The summed E-state index contributed by atoms with van der Waals surface area (Å²) in [6.45, 7) is 7.91. The first kappa shape index (κ1) is 17.0. The Morgan fingerprint density at radius 3 is 2.29 bits per heavy atom. The van der Waals surface area contributed by atoms with Crippen LogP contribution in [0.25, 0.3) is 0 Å². The number of para-hydroxylation sites is 1. The molecule has 1 heterocycles. The van der Waals surface area contributed by atoms with Gasteiger partial charge in [-0.2, -0.15) is 0 Å². The van der Waals surface area contributed by atoms with Gasteiger partial charge in [-0.15, -0.1) is 0 Å². The molecule has 0 N–H and O–H groups in total. The van der Waals surface area contributed by atoms with Gasteiger partial charge in [0.15, 0.2) is 8.32 Å². The van der Waals surface area contributed by atoms with E-state index in [2.05, 4.69) is 0 Å². The molecule has 0 spiro atoms. The van der Waals surface area contributed by atoms with E-state index in [1.807, 2.05) is 32.6 Å². The summed E-state index contributed by atoms with van der Waals surface area (Å²) in [7, 11) is -1.99. The number of benzene rings is 1. The zero-order valence-corrected chi connectivity index (χ0v) is 15.5. The zero-order chi connectivity index (χ0) is 17.7. The van der Waals surface area contributed by atoms with Crippen molar-refractivity contribution in [3.63, 3.8) is 0 Å². The Morgan fingerprint density at radius 2 is 1.71 bits per heavy atom. The molecule has 1 saturated carbocycles. The fraction of sp³-hybridized carbons (Fsp3) is 0.500. The topological polar surface area (TPSA) is 63.7 Å². The number of carbonyl (C=O) groups is 3. The lowest BCUT2D eigenvalue weighted by atomic mass is 9.70. The standard InChI is InChI=1S/C18H23NO4Si/c1-18(23-24(2,3)4)11-13(20)10-14-15(18)17(22)19(16(14)21)12-8-6-5-7-9-12/h5-9,14-15H,10-11H2,1-4H3/t14-,15+,18+/m0/s1. The van der Waals surface area contributed by atoms with Crippen molar-refractivity contribution in [1.29, 1.82) is 0 Å². The SMILES string of the molecule is C[C@@]1(O[Si](C)(C)C)CC(=O)C[C@@H]2C(=O)N(c3ccccc3)C(=O)[C@@H]21. The maximum Gasteiger partial charge on any atom is 0.240 e. The van der Waals surface area contributed by atoms with E-state index in [1.165, 1.54) is 4.90 Å². The van der Waals surface area contributed by atoms with Gasteiger partial charge in [0.2, 0.25) is 11.8 Å². The summed E-state index contributed by atoms with van der Waals surface area (Å²) < 4.78 is 6.27. The van der Waals surface area contributed by atoms with Gasteiger partial charge in [0.1, 0.15) is 5.78 Å². The zero-order valence-electron chi connectivity index (χ0n) is 14.5. The maximum atomic E-state index is 13.1. The molecule has 1 aromatic rings. The summed E-state index contributed by atoms with van der Waals surface area (Å²) in [5.74, 6) is -1.73. The molecule has 128 valence electrons. The molecular weight excluding hydrogens is 322 g/mol. The van der Waals surface area contributed by atoms with Gasteiger partial charge in [-0.1, -0.05) is 18.2 Å². The third-order valence-electron chi connectivity index (χ3n) is 4.63. The smallest absolute Gasteiger partial charge is 0.240 e. The lowest BCUT2D eigenvalue weighted by Crippen LogP contribution is -2.54. The second kappa shape index (κ2) is 5.63. The molecule has 24 heavy (non-hydrogen) atoms. The molecule has 1 saturated heterocycles. The van der Waals surface area contributed by atoms with Crippen LogP contribution in [0.5, 0.6) is 0 Å². The number of anilines is 1. The number of carbonyl (C=O) groups excluding carboxylic acids is 3. The lowest BCUT2D eigenvalue weighted by molar-refractivity contribution is -0.143. The van der Waals surface area contributed by atoms with Gasteiger partial charge < -0.3 is 4.43 Å². The van der Waals surface area contributed by atoms with E-state index < -0.39 is 25.8 Å². The van der Waals surface area contributed by atoms with E-state index in [1.54, 1.807) is 24.3 Å². The number of nitrogens with zero attached hydrogens (tertiary/aromatic N) is 1. The Balaban J connectivity index is 2.02. The average molecular weight is 345 g/mol. The van der Waals surface area contributed by atoms with Crippen LogP contribution < -0.4 is 4.90 Å². The monoisotopic (exact) mass is 345 g/mol. The highest BCUT2D eigenvalue weighted by atomic mass is 28.4.